The van der Waals surface area contributed by atoms with Gasteiger partial charge in [-0.3, -0.25) is 4.79 Å². The first kappa shape index (κ1) is 11.7. The highest BCUT2D eigenvalue weighted by Crippen LogP contribution is 2.39. The van der Waals surface area contributed by atoms with Crippen molar-refractivity contribution in [2.45, 2.75) is 44.2 Å². The zero-order valence-electron chi connectivity index (χ0n) is 9.64. The number of hydrogen-bond donors (Lipinski definition) is 0. The van der Waals surface area contributed by atoms with Gasteiger partial charge in [-0.05, 0) is 13.8 Å². The van der Waals surface area contributed by atoms with E-state index in [1.54, 1.807) is 7.11 Å². The van der Waals surface area contributed by atoms with E-state index in [0.29, 0.717) is 11.9 Å². The fourth-order valence-electron chi connectivity index (χ4n) is 2.10. The molecular weight excluding hydrogens is 212 g/mol. The van der Waals surface area contributed by atoms with Crippen LogP contribution in [0.15, 0.2) is 12.2 Å². The quantitative estimate of drug-likeness (QED) is 0.524. The molecule has 0 unspecified atom stereocenters. The van der Waals surface area contributed by atoms with E-state index in [1.807, 2.05) is 13.8 Å². The first-order valence-electron chi connectivity index (χ1n) is 5.16. The summed E-state index contributed by atoms with van der Waals surface area (Å²) in [6.07, 6.45) is -0.996. The lowest BCUT2D eigenvalue weighted by molar-refractivity contribution is -0.211. The average molecular weight is 228 g/mol. The van der Waals surface area contributed by atoms with Crippen molar-refractivity contribution < 1.29 is 23.7 Å². The van der Waals surface area contributed by atoms with Crippen LogP contribution in [0.4, 0.5) is 0 Å². The van der Waals surface area contributed by atoms with Crippen LogP contribution >= 0.6 is 0 Å². The molecule has 5 heteroatoms. The Balaban J connectivity index is 2.15. The SMILES string of the molecule is C=C(C=O)[C@H]1O[C@@H]2OC(C)(C)O[C@@H]2[C@H]1OC. The molecule has 2 heterocycles. The highest BCUT2D eigenvalue weighted by Gasteiger charge is 2.55. The molecular formula is C11H16O5. The van der Waals surface area contributed by atoms with Crippen molar-refractivity contribution in [1.82, 2.24) is 0 Å². The number of carbonyl (C=O) groups is 1. The van der Waals surface area contributed by atoms with E-state index in [1.165, 1.54) is 0 Å². The second kappa shape index (κ2) is 3.92. The summed E-state index contributed by atoms with van der Waals surface area (Å²) >= 11 is 0. The Morgan fingerprint density at radius 1 is 1.44 bits per heavy atom. The lowest BCUT2D eigenvalue weighted by Gasteiger charge is -2.24. The Bertz CT molecular complexity index is 311. The highest BCUT2D eigenvalue weighted by atomic mass is 16.8. The molecule has 0 aromatic heterocycles. The smallest absolute Gasteiger partial charge is 0.190 e. The molecule has 0 saturated carbocycles. The van der Waals surface area contributed by atoms with Crippen LogP contribution in [-0.4, -0.2) is 43.8 Å². The molecule has 0 spiro atoms. The van der Waals surface area contributed by atoms with E-state index in [2.05, 4.69) is 6.58 Å². The lowest BCUT2D eigenvalue weighted by atomic mass is 10.1. The molecule has 4 atom stereocenters. The minimum atomic E-state index is -0.681. The number of methoxy groups -OCH3 is 1. The van der Waals surface area contributed by atoms with Gasteiger partial charge >= 0.3 is 0 Å². The normalized spacial score (nSPS) is 40.7. The van der Waals surface area contributed by atoms with E-state index in [0.717, 1.165) is 0 Å². The fourth-order valence-corrected chi connectivity index (χ4v) is 2.10. The molecule has 2 fully saturated rings. The summed E-state index contributed by atoms with van der Waals surface area (Å²) in [5.74, 6) is -0.681. The van der Waals surface area contributed by atoms with Crippen LogP contribution in [0, 0.1) is 0 Å². The minimum absolute atomic E-state index is 0.318. The molecule has 0 aliphatic carbocycles. The van der Waals surface area contributed by atoms with Crippen LogP contribution in [0.5, 0.6) is 0 Å². The molecule has 0 bridgehead atoms. The maximum absolute atomic E-state index is 10.7. The van der Waals surface area contributed by atoms with Gasteiger partial charge in [-0.1, -0.05) is 6.58 Å². The number of ether oxygens (including phenoxy) is 4. The molecule has 5 nitrogen and oxygen atoms in total. The van der Waals surface area contributed by atoms with Crippen molar-refractivity contribution in [3.63, 3.8) is 0 Å². The fraction of sp³-hybridized carbons (Fsp3) is 0.727. The summed E-state index contributed by atoms with van der Waals surface area (Å²) in [4.78, 5) is 10.7. The van der Waals surface area contributed by atoms with Crippen LogP contribution in [0.2, 0.25) is 0 Å². The summed E-state index contributed by atoms with van der Waals surface area (Å²) < 4.78 is 22.1. The van der Waals surface area contributed by atoms with Crippen molar-refractivity contribution in [2.75, 3.05) is 7.11 Å². The molecule has 0 aromatic rings. The second-order valence-electron chi connectivity index (χ2n) is 4.42. The van der Waals surface area contributed by atoms with Gasteiger partial charge in [-0.15, -0.1) is 0 Å². The number of carbonyl (C=O) groups excluding carboxylic acids is 1. The molecule has 0 radical (unpaired) electrons. The van der Waals surface area contributed by atoms with Gasteiger partial charge in [0, 0.05) is 12.7 Å². The zero-order chi connectivity index (χ0) is 11.9. The molecule has 0 aromatic carbocycles. The van der Waals surface area contributed by atoms with Crippen LogP contribution in [0.25, 0.3) is 0 Å². The molecule has 0 N–H and O–H groups in total. The summed E-state index contributed by atoms with van der Waals surface area (Å²) in [7, 11) is 1.55. The Kier molecular flexibility index (Phi) is 2.88. The van der Waals surface area contributed by atoms with Gasteiger partial charge < -0.3 is 18.9 Å². The molecule has 2 aliphatic heterocycles. The van der Waals surface area contributed by atoms with Gasteiger partial charge in [-0.25, -0.2) is 0 Å². The van der Waals surface area contributed by atoms with Crippen molar-refractivity contribution in [3.8, 4) is 0 Å². The van der Waals surface area contributed by atoms with Crippen molar-refractivity contribution in [2.24, 2.45) is 0 Å². The topological polar surface area (TPSA) is 54.0 Å². The minimum Gasteiger partial charge on any atom is -0.375 e. The Morgan fingerprint density at radius 3 is 2.69 bits per heavy atom. The largest absolute Gasteiger partial charge is 0.375 e. The third-order valence-electron chi connectivity index (χ3n) is 2.78. The van der Waals surface area contributed by atoms with E-state index >= 15 is 0 Å². The lowest BCUT2D eigenvalue weighted by Crippen LogP contribution is -2.37. The third kappa shape index (κ3) is 1.80. The monoisotopic (exact) mass is 228 g/mol. The number of hydrogen-bond acceptors (Lipinski definition) is 5. The van der Waals surface area contributed by atoms with Crippen molar-refractivity contribution in [3.05, 3.63) is 12.2 Å². The van der Waals surface area contributed by atoms with Crippen LogP contribution in [-0.2, 0) is 23.7 Å². The van der Waals surface area contributed by atoms with Crippen molar-refractivity contribution >= 4 is 6.29 Å². The van der Waals surface area contributed by atoms with E-state index < -0.39 is 18.2 Å². The Morgan fingerprint density at radius 2 is 2.12 bits per heavy atom. The summed E-state index contributed by atoms with van der Waals surface area (Å²) in [5.41, 5.74) is 0.339. The predicted octanol–water partition coefficient (Wildman–Crippen LogP) is 0.633. The molecule has 16 heavy (non-hydrogen) atoms. The van der Waals surface area contributed by atoms with Gasteiger partial charge in [-0.2, -0.15) is 0 Å². The van der Waals surface area contributed by atoms with E-state index in [-0.39, 0.29) is 12.2 Å². The van der Waals surface area contributed by atoms with Crippen molar-refractivity contribution in [1.29, 1.82) is 0 Å². The predicted molar refractivity (Wildman–Crippen MR) is 54.7 cm³/mol. The van der Waals surface area contributed by atoms with Crippen LogP contribution < -0.4 is 0 Å². The van der Waals surface area contributed by atoms with Gasteiger partial charge in [0.1, 0.15) is 24.6 Å². The summed E-state index contributed by atoms with van der Waals surface area (Å²) in [6, 6.07) is 0. The molecule has 2 aliphatic rings. The maximum atomic E-state index is 10.7. The van der Waals surface area contributed by atoms with E-state index in [4.69, 9.17) is 18.9 Å². The maximum Gasteiger partial charge on any atom is 0.190 e. The molecule has 2 rings (SSSR count). The van der Waals surface area contributed by atoms with E-state index in [9.17, 15) is 4.79 Å². The second-order valence-corrected chi connectivity index (χ2v) is 4.42. The highest BCUT2D eigenvalue weighted by molar-refractivity contribution is 5.74. The van der Waals surface area contributed by atoms with Crippen LogP contribution in [0.3, 0.4) is 0 Å². The zero-order valence-corrected chi connectivity index (χ0v) is 9.64. The Hall–Kier alpha value is -0.750. The number of rotatable bonds is 3. The molecule has 2 saturated heterocycles. The van der Waals surface area contributed by atoms with Crippen LogP contribution in [0.1, 0.15) is 13.8 Å². The number of aldehydes is 1. The van der Waals surface area contributed by atoms with Gasteiger partial charge in [0.2, 0.25) is 0 Å². The Labute approximate surface area is 94.3 Å². The van der Waals surface area contributed by atoms with Gasteiger partial charge in [0.25, 0.3) is 0 Å². The first-order chi connectivity index (χ1) is 7.48. The summed E-state index contributed by atoms with van der Waals surface area (Å²) in [5, 5.41) is 0. The first-order valence-corrected chi connectivity index (χ1v) is 5.16. The van der Waals surface area contributed by atoms with Gasteiger partial charge in [0.05, 0.1) is 0 Å². The van der Waals surface area contributed by atoms with Gasteiger partial charge in [0.15, 0.2) is 12.1 Å². The summed E-state index contributed by atoms with van der Waals surface area (Å²) in [6.45, 7) is 7.25. The third-order valence-corrected chi connectivity index (χ3v) is 2.78. The molecule has 90 valence electrons. The number of fused-ring (bicyclic) bond motifs is 1. The standard InChI is InChI=1S/C11H16O5/c1-6(5-12)7-8(13-4)9-10(14-7)16-11(2,3)15-9/h5,7-10H,1H2,2-4H3/t7-,8+,9-,10-/m1/s1. The average Bonchev–Trinajstić information content (AvgIpc) is 2.68. The molecule has 0 amide bonds.